The minimum atomic E-state index is -1.33. The van der Waals surface area contributed by atoms with Crippen molar-refractivity contribution in [2.45, 2.75) is 20.8 Å². The highest BCUT2D eigenvalue weighted by atomic mass is 16.5. The van der Waals surface area contributed by atoms with Crippen molar-refractivity contribution in [3.05, 3.63) is 48.5 Å². The van der Waals surface area contributed by atoms with Crippen molar-refractivity contribution in [1.82, 2.24) is 0 Å². The summed E-state index contributed by atoms with van der Waals surface area (Å²) in [7, 11) is 1.54. The molecule has 0 atom stereocenters. The molecule has 0 aromatic heterocycles. The summed E-state index contributed by atoms with van der Waals surface area (Å²) in [5, 5.41) is 8.08. The maximum absolute atomic E-state index is 12.6. The van der Waals surface area contributed by atoms with Crippen LogP contribution in [0.4, 0.5) is 17.1 Å². The first kappa shape index (κ1) is 20.0. The molecule has 3 N–H and O–H groups in total. The van der Waals surface area contributed by atoms with Crippen LogP contribution in [0.2, 0.25) is 0 Å². The number of hydrogen-bond donors (Lipinski definition) is 3. The molecule has 7 nitrogen and oxygen atoms in total. The number of ether oxygens (including phenoxy) is 1. The molecular formula is C20H23N3O4. The summed E-state index contributed by atoms with van der Waals surface area (Å²) in [4.78, 5) is 36.4. The second-order valence-corrected chi connectivity index (χ2v) is 6.53. The Labute approximate surface area is 158 Å². The summed E-state index contributed by atoms with van der Waals surface area (Å²) >= 11 is 0. The normalized spacial score (nSPS) is 10.7. The van der Waals surface area contributed by atoms with Gasteiger partial charge in [-0.25, -0.2) is 0 Å². The first-order chi connectivity index (χ1) is 12.7. The predicted molar refractivity (Wildman–Crippen MR) is 105 cm³/mol. The monoisotopic (exact) mass is 369 g/mol. The summed E-state index contributed by atoms with van der Waals surface area (Å²) in [6.07, 6.45) is 0. The first-order valence-corrected chi connectivity index (χ1v) is 8.37. The SMILES string of the molecule is COc1cccc(NC(=O)C(C)(C)C(=O)Nc2cccc(NC(C)=O)c2)c1. The van der Waals surface area contributed by atoms with Crippen LogP contribution >= 0.6 is 0 Å². The van der Waals surface area contributed by atoms with E-state index in [0.29, 0.717) is 22.8 Å². The summed E-state index contributed by atoms with van der Waals surface area (Å²) in [6.45, 7) is 4.47. The lowest BCUT2D eigenvalue weighted by Crippen LogP contribution is -2.41. The fraction of sp³-hybridized carbons (Fsp3) is 0.250. The first-order valence-electron chi connectivity index (χ1n) is 8.37. The molecule has 142 valence electrons. The van der Waals surface area contributed by atoms with Crippen LogP contribution in [0.3, 0.4) is 0 Å². The van der Waals surface area contributed by atoms with E-state index < -0.39 is 17.2 Å². The smallest absolute Gasteiger partial charge is 0.239 e. The van der Waals surface area contributed by atoms with Gasteiger partial charge in [-0.1, -0.05) is 12.1 Å². The molecule has 0 spiro atoms. The minimum Gasteiger partial charge on any atom is -0.497 e. The Morgan fingerprint density at radius 2 is 1.30 bits per heavy atom. The van der Waals surface area contributed by atoms with Gasteiger partial charge in [0, 0.05) is 30.1 Å². The topological polar surface area (TPSA) is 96.5 Å². The van der Waals surface area contributed by atoms with E-state index in [0.717, 1.165) is 0 Å². The van der Waals surface area contributed by atoms with Gasteiger partial charge in [-0.05, 0) is 44.2 Å². The molecule has 0 fully saturated rings. The average molecular weight is 369 g/mol. The molecule has 0 saturated carbocycles. The van der Waals surface area contributed by atoms with Crippen LogP contribution < -0.4 is 20.7 Å². The summed E-state index contributed by atoms with van der Waals surface area (Å²) in [5.41, 5.74) is 0.243. The van der Waals surface area contributed by atoms with Crippen LogP contribution in [0.25, 0.3) is 0 Å². The Kier molecular flexibility index (Phi) is 6.18. The third kappa shape index (κ3) is 5.31. The lowest BCUT2D eigenvalue weighted by Gasteiger charge is -2.23. The second kappa shape index (κ2) is 8.35. The van der Waals surface area contributed by atoms with Crippen molar-refractivity contribution in [1.29, 1.82) is 0 Å². The predicted octanol–water partition coefficient (Wildman–Crippen LogP) is 3.26. The maximum atomic E-state index is 12.6. The number of hydrogen-bond acceptors (Lipinski definition) is 4. The van der Waals surface area contributed by atoms with Crippen LogP contribution in [0.1, 0.15) is 20.8 Å². The lowest BCUT2D eigenvalue weighted by atomic mass is 9.90. The van der Waals surface area contributed by atoms with Crippen LogP contribution in [-0.2, 0) is 14.4 Å². The number of nitrogens with one attached hydrogen (secondary N) is 3. The molecule has 2 aromatic rings. The number of anilines is 3. The van der Waals surface area contributed by atoms with E-state index in [4.69, 9.17) is 4.74 Å². The highest BCUT2D eigenvalue weighted by Gasteiger charge is 2.36. The number of methoxy groups -OCH3 is 1. The van der Waals surface area contributed by atoms with Gasteiger partial charge in [0.15, 0.2) is 0 Å². The van der Waals surface area contributed by atoms with Crippen molar-refractivity contribution in [3.8, 4) is 5.75 Å². The van der Waals surface area contributed by atoms with E-state index in [1.807, 2.05) is 0 Å². The van der Waals surface area contributed by atoms with Gasteiger partial charge in [-0.3, -0.25) is 14.4 Å². The van der Waals surface area contributed by atoms with Gasteiger partial charge in [-0.15, -0.1) is 0 Å². The van der Waals surface area contributed by atoms with Gasteiger partial charge in [0.05, 0.1) is 7.11 Å². The molecule has 0 bridgehead atoms. The zero-order valence-electron chi connectivity index (χ0n) is 15.8. The van der Waals surface area contributed by atoms with Gasteiger partial charge in [0.2, 0.25) is 17.7 Å². The molecule has 2 aromatic carbocycles. The van der Waals surface area contributed by atoms with Crippen LogP contribution in [-0.4, -0.2) is 24.8 Å². The number of carbonyl (C=O) groups excluding carboxylic acids is 3. The Morgan fingerprint density at radius 3 is 1.81 bits per heavy atom. The van der Waals surface area contributed by atoms with Gasteiger partial charge < -0.3 is 20.7 Å². The third-order valence-electron chi connectivity index (χ3n) is 3.90. The van der Waals surface area contributed by atoms with Crippen LogP contribution in [0.15, 0.2) is 48.5 Å². The molecule has 0 radical (unpaired) electrons. The van der Waals surface area contributed by atoms with E-state index in [9.17, 15) is 14.4 Å². The number of amides is 3. The largest absolute Gasteiger partial charge is 0.497 e. The van der Waals surface area contributed by atoms with Crippen molar-refractivity contribution in [2.75, 3.05) is 23.1 Å². The van der Waals surface area contributed by atoms with Crippen molar-refractivity contribution >= 4 is 34.8 Å². The van der Waals surface area contributed by atoms with E-state index >= 15 is 0 Å². The van der Waals surface area contributed by atoms with E-state index in [1.165, 1.54) is 27.9 Å². The standard InChI is InChI=1S/C20H23N3O4/c1-13(24)21-14-7-5-8-15(11-14)22-18(25)20(2,3)19(26)23-16-9-6-10-17(12-16)27-4/h5-12H,1-4H3,(H,21,24)(H,22,25)(H,23,26). The molecule has 0 aliphatic rings. The zero-order chi connectivity index (χ0) is 20.0. The Bertz CT molecular complexity index is 862. The fourth-order valence-electron chi connectivity index (χ4n) is 2.26. The number of carbonyl (C=O) groups is 3. The van der Waals surface area contributed by atoms with Gasteiger partial charge >= 0.3 is 0 Å². The quantitative estimate of drug-likeness (QED) is 0.681. The van der Waals surface area contributed by atoms with Crippen molar-refractivity contribution in [2.24, 2.45) is 5.41 Å². The molecule has 0 aliphatic heterocycles. The van der Waals surface area contributed by atoms with E-state index in [-0.39, 0.29) is 5.91 Å². The van der Waals surface area contributed by atoms with E-state index in [2.05, 4.69) is 16.0 Å². The Hall–Kier alpha value is -3.35. The molecule has 27 heavy (non-hydrogen) atoms. The molecule has 3 amide bonds. The summed E-state index contributed by atoms with van der Waals surface area (Å²) in [5.74, 6) is -0.532. The summed E-state index contributed by atoms with van der Waals surface area (Å²) < 4.78 is 5.13. The highest BCUT2D eigenvalue weighted by molar-refractivity contribution is 6.14. The fourth-order valence-corrected chi connectivity index (χ4v) is 2.26. The molecule has 0 unspecified atom stereocenters. The zero-order valence-corrected chi connectivity index (χ0v) is 15.8. The van der Waals surface area contributed by atoms with Crippen molar-refractivity contribution in [3.63, 3.8) is 0 Å². The second-order valence-electron chi connectivity index (χ2n) is 6.53. The Morgan fingerprint density at radius 1 is 0.815 bits per heavy atom. The van der Waals surface area contributed by atoms with Gasteiger partial charge in [0.25, 0.3) is 0 Å². The maximum Gasteiger partial charge on any atom is 0.239 e. The molecule has 7 heteroatoms. The molecule has 0 aliphatic carbocycles. The highest BCUT2D eigenvalue weighted by Crippen LogP contribution is 2.24. The number of benzene rings is 2. The summed E-state index contributed by atoms with van der Waals surface area (Å²) in [6, 6.07) is 13.6. The van der Waals surface area contributed by atoms with Gasteiger partial charge in [0.1, 0.15) is 11.2 Å². The average Bonchev–Trinajstić information content (AvgIpc) is 2.61. The molecule has 0 heterocycles. The van der Waals surface area contributed by atoms with Gasteiger partial charge in [-0.2, -0.15) is 0 Å². The minimum absolute atomic E-state index is 0.212. The molecule has 2 rings (SSSR count). The van der Waals surface area contributed by atoms with Crippen LogP contribution in [0, 0.1) is 5.41 Å². The molecule has 0 saturated heterocycles. The van der Waals surface area contributed by atoms with Crippen LogP contribution in [0.5, 0.6) is 5.75 Å². The molecular weight excluding hydrogens is 346 g/mol. The lowest BCUT2D eigenvalue weighted by molar-refractivity contribution is -0.135. The third-order valence-corrected chi connectivity index (χ3v) is 3.90. The Balaban J connectivity index is 2.09. The van der Waals surface area contributed by atoms with Crippen molar-refractivity contribution < 1.29 is 19.1 Å². The van der Waals surface area contributed by atoms with E-state index in [1.54, 1.807) is 48.5 Å². The number of rotatable bonds is 6.